The van der Waals surface area contributed by atoms with Crippen molar-refractivity contribution >= 4 is 23.4 Å². The maximum Gasteiger partial charge on any atom is 0.266 e. The predicted molar refractivity (Wildman–Crippen MR) is 81.8 cm³/mol. The van der Waals surface area contributed by atoms with Crippen molar-refractivity contribution in [3.05, 3.63) is 65.2 Å². The fourth-order valence-corrected chi connectivity index (χ4v) is 2.55. The molecule has 5 nitrogen and oxygen atoms in total. The van der Waals surface area contributed by atoms with Crippen LogP contribution in [0.15, 0.2) is 48.5 Å². The lowest BCUT2D eigenvalue weighted by atomic mass is 10.1. The Morgan fingerprint density at radius 3 is 2.09 bits per heavy atom. The molecular weight excluding hydrogens is 280 g/mol. The number of carbonyl (C=O) groups excluding carboxylic acids is 3. The molecule has 1 aliphatic rings. The summed E-state index contributed by atoms with van der Waals surface area (Å²) in [5.41, 5.74) is 1.87. The van der Waals surface area contributed by atoms with Gasteiger partial charge in [-0.05, 0) is 23.8 Å². The molecule has 1 N–H and O–H groups in total. The monoisotopic (exact) mass is 294 g/mol. The molecular formula is C17H14N2O3. The molecule has 0 aliphatic carbocycles. The smallest absolute Gasteiger partial charge is 0.266 e. The largest absolute Gasteiger partial charge is 0.359 e. The summed E-state index contributed by atoms with van der Waals surface area (Å²) in [7, 11) is 1.55. The Kier molecular flexibility index (Phi) is 3.47. The van der Waals surface area contributed by atoms with Crippen molar-refractivity contribution in [2.75, 3.05) is 11.9 Å². The molecule has 0 aromatic heterocycles. The van der Waals surface area contributed by atoms with Gasteiger partial charge < -0.3 is 5.32 Å². The van der Waals surface area contributed by atoms with Gasteiger partial charge in [0.15, 0.2) is 0 Å². The first-order valence-corrected chi connectivity index (χ1v) is 6.90. The third-order valence-corrected chi connectivity index (χ3v) is 3.66. The Morgan fingerprint density at radius 1 is 0.955 bits per heavy atom. The Morgan fingerprint density at radius 2 is 1.50 bits per heavy atom. The number of para-hydroxylation sites is 1. The van der Waals surface area contributed by atoms with E-state index in [1.54, 1.807) is 55.6 Å². The highest BCUT2D eigenvalue weighted by molar-refractivity contribution is 6.34. The standard InChI is InChI=1S/C17H14N2O3/c1-18-15(20)10-11-6-2-5-9-14(11)19-16(21)12-7-3-4-8-13(12)17(19)22/h2-9H,10H2,1H3,(H,18,20). The third kappa shape index (κ3) is 2.16. The minimum atomic E-state index is -0.357. The van der Waals surface area contributed by atoms with Crippen LogP contribution in [0.5, 0.6) is 0 Å². The highest BCUT2D eigenvalue weighted by Crippen LogP contribution is 2.30. The van der Waals surface area contributed by atoms with Gasteiger partial charge in [0.25, 0.3) is 11.8 Å². The summed E-state index contributed by atoms with van der Waals surface area (Å²) in [5.74, 6) is -0.890. The van der Waals surface area contributed by atoms with Crippen molar-refractivity contribution in [3.63, 3.8) is 0 Å². The van der Waals surface area contributed by atoms with Crippen molar-refractivity contribution < 1.29 is 14.4 Å². The van der Waals surface area contributed by atoms with Gasteiger partial charge in [0.2, 0.25) is 5.91 Å². The van der Waals surface area contributed by atoms with Crippen molar-refractivity contribution in [1.82, 2.24) is 5.32 Å². The van der Waals surface area contributed by atoms with E-state index in [1.807, 2.05) is 0 Å². The van der Waals surface area contributed by atoms with Crippen LogP contribution >= 0.6 is 0 Å². The zero-order valence-electron chi connectivity index (χ0n) is 12.0. The molecule has 3 amide bonds. The Balaban J connectivity index is 2.05. The number of imide groups is 1. The number of nitrogens with zero attached hydrogens (tertiary/aromatic N) is 1. The zero-order chi connectivity index (χ0) is 15.7. The van der Waals surface area contributed by atoms with Gasteiger partial charge in [-0.1, -0.05) is 30.3 Å². The Bertz CT molecular complexity index is 748. The lowest BCUT2D eigenvalue weighted by molar-refractivity contribution is -0.119. The summed E-state index contributed by atoms with van der Waals surface area (Å²) in [6, 6.07) is 13.7. The molecule has 5 heteroatoms. The highest BCUT2D eigenvalue weighted by atomic mass is 16.2. The number of nitrogens with one attached hydrogen (secondary N) is 1. The minimum absolute atomic E-state index is 0.111. The van der Waals surface area contributed by atoms with Crippen LogP contribution in [0, 0.1) is 0 Å². The molecule has 0 unspecified atom stereocenters. The first-order chi connectivity index (χ1) is 10.6. The molecule has 0 spiro atoms. The molecule has 0 atom stereocenters. The van der Waals surface area contributed by atoms with Gasteiger partial charge in [0.1, 0.15) is 0 Å². The number of likely N-dealkylation sites (N-methyl/N-ethyl adjacent to an activating group) is 1. The molecule has 110 valence electrons. The van der Waals surface area contributed by atoms with E-state index in [4.69, 9.17) is 0 Å². The Hall–Kier alpha value is -2.95. The number of fused-ring (bicyclic) bond motifs is 1. The van der Waals surface area contributed by atoms with Crippen LogP contribution in [-0.4, -0.2) is 24.8 Å². The molecule has 2 aromatic carbocycles. The van der Waals surface area contributed by atoms with E-state index in [9.17, 15) is 14.4 Å². The zero-order valence-corrected chi connectivity index (χ0v) is 12.0. The first-order valence-electron chi connectivity index (χ1n) is 6.90. The lowest BCUT2D eigenvalue weighted by Crippen LogP contribution is -2.31. The molecule has 0 fully saturated rings. The topological polar surface area (TPSA) is 66.5 Å². The van der Waals surface area contributed by atoms with Gasteiger partial charge >= 0.3 is 0 Å². The predicted octanol–water partition coefficient (Wildman–Crippen LogP) is 1.78. The molecule has 1 heterocycles. The van der Waals surface area contributed by atoms with Crippen molar-refractivity contribution in [3.8, 4) is 0 Å². The number of anilines is 1. The fraction of sp³-hybridized carbons (Fsp3) is 0.118. The summed E-state index contributed by atoms with van der Waals surface area (Å²) in [6.07, 6.45) is 0.111. The van der Waals surface area contributed by atoms with Gasteiger partial charge in [-0.15, -0.1) is 0 Å². The molecule has 0 radical (unpaired) electrons. The van der Waals surface area contributed by atoms with E-state index >= 15 is 0 Å². The quantitative estimate of drug-likeness (QED) is 0.877. The molecule has 3 rings (SSSR count). The lowest BCUT2D eigenvalue weighted by Gasteiger charge is -2.17. The second kappa shape index (κ2) is 5.44. The summed E-state index contributed by atoms with van der Waals surface area (Å²) in [5, 5.41) is 2.54. The maximum atomic E-state index is 12.5. The fourth-order valence-electron chi connectivity index (χ4n) is 2.55. The van der Waals surface area contributed by atoms with Crippen LogP contribution in [0.3, 0.4) is 0 Å². The van der Waals surface area contributed by atoms with Crippen LogP contribution in [0.4, 0.5) is 5.69 Å². The van der Waals surface area contributed by atoms with E-state index in [0.29, 0.717) is 22.4 Å². The third-order valence-electron chi connectivity index (χ3n) is 3.66. The van der Waals surface area contributed by atoms with Crippen LogP contribution < -0.4 is 10.2 Å². The normalized spacial score (nSPS) is 13.2. The average Bonchev–Trinajstić information content (AvgIpc) is 2.80. The van der Waals surface area contributed by atoms with Crippen molar-refractivity contribution in [2.24, 2.45) is 0 Å². The molecule has 0 saturated heterocycles. The number of rotatable bonds is 3. The summed E-state index contributed by atoms with van der Waals surface area (Å²) >= 11 is 0. The van der Waals surface area contributed by atoms with Crippen molar-refractivity contribution in [1.29, 1.82) is 0 Å². The average molecular weight is 294 g/mol. The van der Waals surface area contributed by atoms with E-state index in [2.05, 4.69) is 5.32 Å². The molecule has 22 heavy (non-hydrogen) atoms. The van der Waals surface area contributed by atoms with Gasteiger partial charge in [-0.3, -0.25) is 14.4 Å². The number of benzene rings is 2. The van der Waals surface area contributed by atoms with Gasteiger partial charge in [-0.2, -0.15) is 0 Å². The molecule has 1 aliphatic heterocycles. The number of amides is 3. The second-order valence-electron chi connectivity index (χ2n) is 4.97. The molecule has 0 bridgehead atoms. The maximum absolute atomic E-state index is 12.5. The van der Waals surface area contributed by atoms with E-state index in [-0.39, 0.29) is 24.1 Å². The van der Waals surface area contributed by atoms with Gasteiger partial charge in [0, 0.05) is 7.05 Å². The van der Waals surface area contributed by atoms with Crippen LogP contribution in [0.25, 0.3) is 0 Å². The second-order valence-corrected chi connectivity index (χ2v) is 4.97. The van der Waals surface area contributed by atoms with Crippen molar-refractivity contribution in [2.45, 2.75) is 6.42 Å². The van der Waals surface area contributed by atoms with Gasteiger partial charge in [0.05, 0.1) is 23.2 Å². The SMILES string of the molecule is CNC(=O)Cc1ccccc1N1C(=O)c2ccccc2C1=O. The number of carbonyl (C=O) groups is 3. The van der Waals surface area contributed by atoms with Gasteiger partial charge in [-0.25, -0.2) is 4.90 Å². The van der Waals surface area contributed by atoms with E-state index in [0.717, 1.165) is 4.90 Å². The Labute approximate surface area is 127 Å². The number of hydrogen-bond donors (Lipinski definition) is 1. The van der Waals surface area contributed by atoms with E-state index in [1.165, 1.54) is 0 Å². The highest BCUT2D eigenvalue weighted by Gasteiger charge is 2.37. The first kappa shape index (κ1) is 14.0. The molecule has 2 aromatic rings. The molecule has 0 saturated carbocycles. The number of hydrogen-bond acceptors (Lipinski definition) is 3. The summed E-state index contributed by atoms with van der Waals surface area (Å²) < 4.78 is 0. The van der Waals surface area contributed by atoms with Crippen LogP contribution in [0.2, 0.25) is 0 Å². The minimum Gasteiger partial charge on any atom is -0.359 e. The van der Waals surface area contributed by atoms with E-state index < -0.39 is 0 Å². The van der Waals surface area contributed by atoms with Crippen LogP contribution in [-0.2, 0) is 11.2 Å². The summed E-state index contributed by atoms with van der Waals surface area (Å²) in [4.78, 5) is 37.8. The summed E-state index contributed by atoms with van der Waals surface area (Å²) in [6.45, 7) is 0. The van der Waals surface area contributed by atoms with Crippen LogP contribution in [0.1, 0.15) is 26.3 Å².